The normalized spacial score (nSPS) is 11.1. The number of imidazole rings is 1. The van der Waals surface area contributed by atoms with Gasteiger partial charge in [0.05, 0.1) is 11.4 Å². The van der Waals surface area contributed by atoms with Crippen molar-refractivity contribution in [1.29, 1.82) is 0 Å². The molecule has 4 heteroatoms. The van der Waals surface area contributed by atoms with Gasteiger partial charge in [-0.25, -0.2) is 9.37 Å². The molecule has 0 saturated heterocycles. The fourth-order valence-electron chi connectivity index (χ4n) is 2.51. The largest absolute Gasteiger partial charge is 0.311 e. The summed E-state index contributed by atoms with van der Waals surface area (Å²) in [6, 6.07) is 12.9. The fraction of sp³-hybridized carbons (Fsp3) is 0.235. The maximum Gasteiger partial charge on any atom is 0.137 e. The molecule has 3 aromatic rings. The standard InChI is InChI=1S/C17H18FN3/c1-13-16(21-11-5-4-8-17(21)20-13)12-19-10-9-14-6-2-3-7-15(14)18/h2-8,11,19H,9-10,12H2,1H3. The van der Waals surface area contributed by atoms with Crippen LogP contribution >= 0.6 is 0 Å². The number of nitrogens with one attached hydrogen (secondary N) is 1. The second-order valence-corrected chi connectivity index (χ2v) is 5.09. The zero-order valence-electron chi connectivity index (χ0n) is 12.0. The van der Waals surface area contributed by atoms with E-state index in [4.69, 9.17) is 0 Å². The van der Waals surface area contributed by atoms with Crippen LogP contribution < -0.4 is 5.32 Å². The summed E-state index contributed by atoms with van der Waals surface area (Å²) in [7, 11) is 0. The number of rotatable bonds is 5. The Morgan fingerprint density at radius 2 is 1.95 bits per heavy atom. The van der Waals surface area contributed by atoms with Crippen molar-refractivity contribution in [3.63, 3.8) is 0 Å². The van der Waals surface area contributed by atoms with Crippen molar-refractivity contribution in [3.05, 3.63) is 71.4 Å². The van der Waals surface area contributed by atoms with E-state index in [-0.39, 0.29) is 5.82 Å². The Kier molecular flexibility index (Phi) is 3.97. The maximum atomic E-state index is 13.5. The molecule has 2 heterocycles. The molecule has 0 fully saturated rings. The molecule has 0 bridgehead atoms. The molecule has 0 spiro atoms. The molecule has 0 atom stereocenters. The van der Waals surface area contributed by atoms with Crippen LogP contribution in [0.25, 0.3) is 5.65 Å². The lowest BCUT2D eigenvalue weighted by Crippen LogP contribution is -2.18. The Balaban J connectivity index is 1.62. The van der Waals surface area contributed by atoms with Crippen molar-refractivity contribution in [2.75, 3.05) is 6.54 Å². The van der Waals surface area contributed by atoms with Crippen molar-refractivity contribution >= 4 is 5.65 Å². The van der Waals surface area contributed by atoms with Gasteiger partial charge in [0.15, 0.2) is 0 Å². The van der Waals surface area contributed by atoms with Crippen LogP contribution in [0.2, 0.25) is 0 Å². The first-order valence-corrected chi connectivity index (χ1v) is 7.12. The number of hydrogen-bond acceptors (Lipinski definition) is 2. The van der Waals surface area contributed by atoms with E-state index in [1.54, 1.807) is 6.07 Å². The summed E-state index contributed by atoms with van der Waals surface area (Å²) in [6.45, 7) is 3.48. The molecular weight excluding hydrogens is 265 g/mol. The third-order valence-electron chi connectivity index (χ3n) is 3.65. The van der Waals surface area contributed by atoms with Crippen LogP contribution in [0.1, 0.15) is 17.0 Å². The van der Waals surface area contributed by atoms with Gasteiger partial charge in [-0.05, 0) is 43.7 Å². The fourth-order valence-corrected chi connectivity index (χ4v) is 2.51. The first-order valence-electron chi connectivity index (χ1n) is 7.12. The molecule has 0 radical (unpaired) electrons. The minimum absolute atomic E-state index is 0.134. The van der Waals surface area contributed by atoms with Gasteiger partial charge in [-0.1, -0.05) is 24.3 Å². The summed E-state index contributed by atoms with van der Waals surface area (Å²) in [5.74, 6) is -0.134. The molecule has 21 heavy (non-hydrogen) atoms. The van der Waals surface area contributed by atoms with Gasteiger partial charge in [0.1, 0.15) is 11.5 Å². The van der Waals surface area contributed by atoms with Crippen LogP contribution in [0.15, 0.2) is 48.7 Å². The molecule has 3 rings (SSSR count). The number of halogens is 1. The first-order chi connectivity index (χ1) is 10.3. The van der Waals surface area contributed by atoms with Crippen LogP contribution in [-0.2, 0) is 13.0 Å². The van der Waals surface area contributed by atoms with Crippen molar-refractivity contribution in [1.82, 2.24) is 14.7 Å². The summed E-state index contributed by atoms with van der Waals surface area (Å²) < 4.78 is 15.6. The molecule has 0 aliphatic heterocycles. The van der Waals surface area contributed by atoms with Gasteiger partial charge < -0.3 is 9.72 Å². The minimum Gasteiger partial charge on any atom is -0.311 e. The number of aryl methyl sites for hydroxylation is 1. The molecule has 0 unspecified atom stereocenters. The Labute approximate surface area is 123 Å². The SMILES string of the molecule is Cc1nc2ccccn2c1CNCCc1ccccc1F. The highest BCUT2D eigenvalue weighted by Gasteiger charge is 2.07. The Bertz CT molecular complexity index is 749. The van der Waals surface area contributed by atoms with E-state index in [9.17, 15) is 4.39 Å². The lowest BCUT2D eigenvalue weighted by Gasteiger charge is -2.07. The van der Waals surface area contributed by atoms with Crippen LogP contribution in [0.3, 0.4) is 0 Å². The quantitative estimate of drug-likeness (QED) is 0.729. The third kappa shape index (κ3) is 2.95. The minimum atomic E-state index is -0.134. The smallest absolute Gasteiger partial charge is 0.137 e. The molecule has 108 valence electrons. The van der Waals surface area contributed by atoms with Gasteiger partial charge in [-0.2, -0.15) is 0 Å². The highest BCUT2D eigenvalue weighted by atomic mass is 19.1. The van der Waals surface area contributed by atoms with Crippen LogP contribution in [0.5, 0.6) is 0 Å². The van der Waals surface area contributed by atoms with Gasteiger partial charge in [-0.3, -0.25) is 0 Å². The van der Waals surface area contributed by atoms with E-state index < -0.39 is 0 Å². The van der Waals surface area contributed by atoms with Crippen molar-refractivity contribution in [2.24, 2.45) is 0 Å². The summed E-state index contributed by atoms with van der Waals surface area (Å²) in [5.41, 5.74) is 3.89. The molecule has 3 nitrogen and oxygen atoms in total. The number of fused-ring (bicyclic) bond motifs is 1. The monoisotopic (exact) mass is 283 g/mol. The average Bonchev–Trinajstić information content (AvgIpc) is 2.81. The Morgan fingerprint density at radius 3 is 2.81 bits per heavy atom. The van der Waals surface area contributed by atoms with E-state index in [0.717, 1.165) is 35.7 Å². The number of nitrogens with zero attached hydrogens (tertiary/aromatic N) is 2. The van der Waals surface area contributed by atoms with Crippen LogP contribution in [0, 0.1) is 12.7 Å². The number of benzene rings is 1. The predicted octanol–water partition coefficient (Wildman–Crippen LogP) is 3.11. The van der Waals surface area contributed by atoms with Gasteiger partial charge >= 0.3 is 0 Å². The Morgan fingerprint density at radius 1 is 1.14 bits per heavy atom. The summed E-state index contributed by atoms with van der Waals surface area (Å²) >= 11 is 0. The topological polar surface area (TPSA) is 29.3 Å². The molecule has 1 aromatic carbocycles. The number of hydrogen-bond donors (Lipinski definition) is 1. The van der Waals surface area contributed by atoms with E-state index in [2.05, 4.69) is 14.7 Å². The molecular formula is C17H18FN3. The lowest BCUT2D eigenvalue weighted by atomic mass is 10.1. The van der Waals surface area contributed by atoms with Gasteiger partial charge in [0.25, 0.3) is 0 Å². The highest BCUT2D eigenvalue weighted by Crippen LogP contribution is 2.11. The van der Waals surface area contributed by atoms with E-state index >= 15 is 0 Å². The summed E-state index contributed by atoms with van der Waals surface area (Å²) in [5, 5.41) is 3.37. The van der Waals surface area contributed by atoms with Crippen molar-refractivity contribution < 1.29 is 4.39 Å². The molecule has 0 amide bonds. The van der Waals surface area contributed by atoms with Gasteiger partial charge in [0, 0.05) is 12.7 Å². The zero-order valence-corrected chi connectivity index (χ0v) is 12.0. The predicted molar refractivity (Wildman–Crippen MR) is 81.7 cm³/mol. The third-order valence-corrected chi connectivity index (χ3v) is 3.65. The van der Waals surface area contributed by atoms with Gasteiger partial charge in [0.2, 0.25) is 0 Å². The molecule has 0 aliphatic carbocycles. The molecule has 1 N–H and O–H groups in total. The van der Waals surface area contributed by atoms with Crippen molar-refractivity contribution in [2.45, 2.75) is 19.9 Å². The summed E-state index contributed by atoms with van der Waals surface area (Å²) in [6.07, 6.45) is 2.70. The van der Waals surface area contributed by atoms with Crippen LogP contribution in [0.4, 0.5) is 4.39 Å². The number of aromatic nitrogens is 2. The first kappa shape index (κ1) is 13.8. The zero-order chi connectivity index (χ0) is 14.7. The van der Waals surface area contributed by atoms with E-state index in [1.165, 1.54) is 6.07 Å². The highest BCUT2D eigenvalue weighted by molar-refractivity contribution is 5.42. The second-order valence-electron chi connectivity index (χ2n) is 5.09. The summed E-state index contributed by atoms with van der Waals surface area (Å²) in [4.78, 5) is 4.53. The Hall–Kier alpha value is -2.20. The van der Waals surface area contributed by atoms with Crippen LogP contribution in [-0.4, -0.2) is 15.9 Å². The van der Waals surface area contributed by atoms with Gasteiger partial charge in [-0.15, -0.1) is 0 Å². The molecule has 0 saturated carbocycles. The van der Waals surface area contributed by atoms with E-state index in [1.807, 2.05) is 43.5 Å². The maximum absolute atomic E-state index is 13.5. The lowest BCUT2D eigenvalue weighted by molar-refractivity contribution is 0.595. The second kappa shape index (κ2) is 6.06. The molecule has 0 aliphatic rings. The van der Waals surface area contributed by atoms with Crippen molar-refractivity contribution in [3.8, 4) is 0 Å². The average molecular weight is 283 g/mol. The number of pyridine rings is 1. The molecule has 2 aromatic heterocycles. The van der Waals surface area contributed by atoms with E-state index in [0.29, 0.717) is 6.42 Å².